The van der Waals surface area contributed by atoms with Crippen molar-refractivity contribution in [2.24, 2.45) is 0 Å². The minimum atomic E-state index is 0.759. The highest BCUT2D eigenvalue weighted by Gasteiger charge is 1.99. The van der Waals surface area contributed by atoms with Crippen LogP contribution in [0.5, 0.6) is 5.88 Å². The molecule has 0 saturated carbocycles. The van der Waals surface area contributed by atoms with Crippen LogP contribution < -0.4 is 10.1 Å². The third-order valence-corrected chi connectivity index (χ3v) is 3.26. The summed E-state index contributed by atoms with van der Waals surface area (Å²) in [7, 11) is 0. The number of aromatic nitrogens is 1. The molecular formula is C17H30N2O. The molecule has 0 saturated heterocycles. The standard InChI is InChI=1S/C17H30N2O/c1-3-5-6-7-8-9-14-20-17-12-10-11-16(19-17)15-18-13-4-2/h10-12,18H,3-9,13-15H2,1-2H3. The Morgan fingerprint density at radius 3 is 2.60 bits per heavy atom. The van der Waals surface area contributed by atoms with Gasteiger partial charge in [0.15, 0.2) is 0 Å². The summed E-state index contributed by atoms with van der Waals surface area (Å²) in [6, 6.07) is 6.01. The first-order chi connectivity index (χ1) is 9.86. The molecule has 114 valence electrons. The van der Waals surface area contributed by atoms with Crippen LogP contribution in [0.25, 0.3) is 0 Å². The van der Waals surface area contributed by atoms with Crippen molar-refractivity contribution < 1.29 is 4.74 Å². The summed E-state index contributed by atoms with van der Waals surface area (Å²) in [5.41, 5.74) is 1.05. The molecule has 1 rings (SSSR count). The number of hydrogen-bond donors (Lipinski definition) is 1. The van der Waals surface area contributed by atoms with E-state index in [9.17, 15) is 0 Å². The van der Waals surface area contributed by atoms with E-state index in [1.165, 1.54) is 32.1 Å². The number of ether oxygens (including phenoxy) is 1. The Hall–Kier alpha value is -1.09. The third-order valence-electron chi connectivity index (χ3n) is 3.26. The first kappa shape index (κ1) is 17.0. The number of nitrogens with zero attached hydrogens (tertiary/aromatic N) is 1. The Morgan fingerprint density at radius 2 is 1.80 bits per heavy atom. The van der Waals surface area contributed by atoms with Gasteiger partial charge in [0.1, 0.15) is 0 Å². The summed E-state index contributed by atoms with van der Waals surface area (Å²) in [6.07, 6.45) is 8.88. The smallest absolute Gasteiger partial charge is 0.213 e. The second kappa shape index (κ2) is 11.7. The monoisotopic (exact) mass is 278 g/mol. The maximum Gasteiger partial charge on any atom is 0.213 e. The summed E-state index contributed by atoms with van der Waals surface area (Å²) in [4.78, 5) is 4.51. The normalized spacial score (nSPS) is 10.7. The minimum absolute atomic E-state index is 0.759. The van der Waals surface area contributed by atoms with Crippen LogP contribution in [-0.4, -0.2) is 18.1 Å². The molecule has 0 bridgehead atoms. The van der Waals surface area contributed by atoms with Gasteiger partial charge in [-0.15, -0.1) is 0 Å². The molecule has 0 fully saturated rings. The lowest BCUT2D eigenvalue weighted by molar-refractivity contribution is 0.292. The summed E-state index contributed by atoms with van der Waals surface area (Å²) >= 11 is 0. The SMILES string of the molecule is CCCCCCCCOc1cccc(CNCCC)n1. The number of rotatable bonds is 12. The Labute approximate surface area is 124 Å². The largest absolute Gasteiger partial charge is 0.478 e. The van der Waals surface area contributed by atoms with Gasteiger partial charge in [-0.3, -0.25) is 0 Å². The molecule has 0 atom stereocenters. The molecule has 3 nitrogen and oxygen atoms in total. The fraction of sp³-hybridized carbons (Fsp3) is 0.706. The Bertz CT molecular complexity index is 342. The van der Waals surface area contributed by atoms with Gasteiger partial charge in [0.05, 0.1) is 12.3 Å². The molecule has 0 aliphatic rings. The van der Waals surface area contributed by atoms with Gasteiger partial charge in [0.2, 0.25) is 5.88 Å². The molecule has 1 heterocycles. The average Bonchev–Trinajstić information content (AvgIpc) is 2.47. The van der Waals surface area contributed by atoms with Crippen molar-refractivity contribution in [3.05, 3.63) is 23.9 Å². The van der Waals surface area contributed by atoms with Crippen molar-refractivity contribution in [3.8, 4) is 5.88 Å². The van der Waals surface area contributed by atoms with E-state index in [1.54, 1.807) is 0 Å². The van der Waals surface area contributed by atoms with E-state index >= 15 is 0 Å². The van der Waals surface area contributed by atoms with Crippen molar-refractivity contribution in [2.75, 3.05) is 13.2 Å². The maximum absolute atomic E-state index is 5.72. The highest BCUT2D eigenvalue weighted by Crippen LogP contribution is 2.10. The van der Waals surface area contributed by atoms with Crippen molar-refractivity contribution >= 4 is 0 Å². The number of unbranched alkanes of at least 4 members (excludes halogenated alkanes) is 5. The van der Waals surface area contributed by atoms with Gasteiger partial charge in [0.25, 0.3) is 0 Å². The molecule has 20 heavy (non-hydrogen) atoms. The quantitative estimate of drug-likeness (QED) is 0.578. The lowest BCUT2D eigenvalue weighted by Crippen LogP contribution is -2.15. The van der Waals surface area contributed by atoms with E-state index < -0.39 is 0 Å². The van der Waals surface area contributed by atoms with Crippen LogP contribution in [0.3, 0.4) is 0 Å². The molecule has 0 unspecified atom stereocenters. The van der Waals surface area contributed by atoms with Crippen LogP contribution in [0, 0.1) is 0 Å². The maximum atomic E-state index is 5.72. The lowest BCUT2D eigenvalue weighted by Gasteiger charge is -2.07. The highest BCUT2D eigenvalue weighted by molar-refractivity contribution is 5.15. The number of hydrogen-bond acceptors (Lipinski definition) is 3. The van der Waals surface area contributed by atoms with Crippen LogP contribution >= 0.6 is 0 Å². The van der Waals surface area contributed by atoms with Crippen LogP contribution in [0.15, 0.2) is 18.2 Å². The molecule has 0 aliphatic carbocycles. The van der Waals surface area contributed by atoms with E-state index in [4.69, 9.17) is 4.74 Å². The fourth-order valence-corrected chi connectivity index (χ4v) is 2.09. The Morgan fingerprint density at radius 1 is 1.00 bits per heavy atom. The topological polar surface area (TPSA) is 34.1 Å². The number of nitrogens with one attached hydrogen (secondary N) is 1. The zero-order valence-corrected chi connectivity index (χ0v) is 13.2. The molecule has 0 aliphatic heterocycles. The first-order valence-electron chi connectivity index (χ1n) is 8.16. The highest BCUT2D eigenvalue weighted by atomic mass is 16.5. The van der Waals surface area contributed by atoms with Gasteiger partial charge >= 0.3 is 0 Å². The minimum Gasteiger partial charge on any atom is -0.478 e. The molecule has 0 radical (unpaired) electrons. The molecule has 0 aromatic carbocycles. The third kappa shape index (κ3) is 8.16. The molecule has 3 heteroatoms. The average molecular weight is 278 g/mol. The zero-order chi connectivity index (χ0) is 14.5. The molecule has 1 N–H and O–H groups in total. The fourth-order valence-electron chi connectivity index (χ4n) is 2.09. The molecule has 0 amide bonds. The van der Waals surface area contributed by atoms with E-state index in [0.717, 1.165) is 44.1 Å². The van der Waals surface area contributed by atoms with Gasteiger partial charge in [-0.1, -0.05) is 52.0 Å². The summed E-state index contributed by atoms with van der Waals surface area (Å²) < 4.78 is 5.72. The van der Waals surface area contributed by atoms with Crippen molar-refractivity contribution in [1.82, 2.24) is 10.3 Å². The molecule has 1 aromatic heterocycles. The molecule has 1 aromatic rings. The van der Waals surface area contributed by atoms with Crippen LogP contribution in [0.1, 0.15) is 64.5 Å². The van der Waals surface area contributed by atoms with E-state index in [2.05, 4.69) is 24.1 Å². The van der Waals surface area contributed by atoms with Gasteiger partial charge in [-0.25, -0.2) is 4.98 Å². The van der Waals surface area contributed by atoms with Gasteiger partial charge in [0, 0.05) is 12.6 Å². The molecule has 0 spiro atoms. The van der Waals surface area contributed by atoms with Crippen molar-refractivity contribution in [2.45, 2.75) is 65.3 Å². The Kier molecular flexibility index (Phi) is 9.93. The van der Waals surface area contributed by atoms with Gasteiger partial charge in [-0.05, 0) is 25.5 Å². The van der Waals surface area contributed by atoms with Gasteiger partial charge in [-0.2, -0.15) is 0 Å². The molecular weight excluding hydrogens is 248 g/mol. The lowest BCUT2D eigenvalue weighted by atomic mass is 10.1. The van der Waals surface area contributed by atoms with E-state index in [0.29, 0.717) is 0 Å². The van der Waals surface area contributed by atoms with E-state index in [-0.39, 0.29) is 0 Å². The summed E-state index contributed by atoms with van der Waals surface area (Å²) in [5, 5.41) is 3.36. The van der Waals surface area contributed by atoms with Crippen LogP contribution in [0.2, 0.25) is 0 Å². The van der Waals surface area contributed by atoms with E-state index in [1.807, 2.05) is 18.2 Å². The second-order valence-electron chi connectivity index (χ2n) is 5.26. The van der Waals surface area contributed by atoms with Crippen LogP contribution in [0.4, 0.5) is 0 Å². The second-order valence-corrected chi connectivity index (χ2v) is 5.26. The first-order valence-corrected chi connectivity index (χ1v) is 8.16. The Balaban J connectivity index is 2.14. The summed E-state index contributed by atoms with van der Waals surface area (Å²) in [5.74, 6) is 0.759. The predicted molar refractivity (Wildman–Crippen MR) is 85.1 cm³/mol. The van der Waals surface area contributed by atoms with Crippen molar-refractivity contribution in [3.63, 3.8) is 0 Å². The number of pyridine rings is 1. The summed E-state index contributed by atoms with van der Waals surface area (Å²) in [6.45, 7) is 7.05. The van der Waals surface area contributed by atoms with Crippen molar-refractivity contribution in [1.29, 1.82) is 0 Å². The van der Waals surface area contributed by atoms with Crippen LogP contribution in [-0.2, 0) is 6.54 Å². The zero-order valence-electron chi connectivity index (χ0n) is 13.2. The van der Waals surface area contributed by atoms with Gasteiger partial charge < -0.3 is 10.1 Å². The predicted octanol–water partition coefficient (Wildman–Crippen LogP) is 4.32.